The van der Waals surface area contributed by atoms with Gasteiger partial charge in [-0.15, -0.1) is 0 Å². The quantitative estimate of drug-likeness (QED) is 0.227. The Kier molecular flexibility index (Phi) is 9.57. The SMILES string of the molecule is CCCC1C(CC)C1OC1OC(C)(C)C1(C)CC(C)(CC)C(C)(CC)C(CC(C)(C)CC)c1ccncc1. The van der Waals surface area contributed by atoms with Crippen molar-refractivity contribution in [1.82, 2.24) is 4.98 Å². The highest BCUT2D eigenvalue weighted by Gasteiger charge is 2.66. The molecular weight excluding hydrogens is 466 g/mol. The predicted octanol–water partition coefficient (Wildman–Crippen LogP) is 10.2. The van der Waals surface area contributed by atoms with E-state index in [2.05, 4.69) is 100 Å². The van der Waals surface area contributed by atoms with E-state index < -0.39 is 0 Å². The number of hydrogen-bond acceptors (Lipinski definition) is 3. The van der Waals surface area contributed by atoms with Gasteiger partial charge in [-0.3, -0.25) is 4.98 Å². The average Bonchev–Trinajstić information content (AvgIpc) is 3.57. The maximum absolute atomic E-state index is 6.87. The summed E-state index contributed by atoms with van der Waals surface area (Å²) in [5.41, 5.74) is 1.73. The zero-order chi connectivity index (χ0) is 28.6. The van der Waals surface area contributed by atoms with Crippen LogP contribution in [-0.4, -0.2) is 23.0 Å². The molecule has 2 aliphatic rings. The van der Waals surface area contributed by atoms with Crippen LogP contribution in [0.2, 0.25) is 0 Å². The summed E-state index contributed by atoms with van der Waals surface area (Å²) in [6.07, 6.45) is 13.7. The highest BCUT2D eigenvalue weighted by Crippen LogP contribution is 2.65. The van der Waals surface area contributed by atoms with Gasteiger partial charge in [-0.05, 0) is 91.2 Å². The zero-order valence-electron chi connectivity index (χ0n) is 27.1. The fraction of sp³-hybridized carbons (Fsp3) is 0.857. The first-order valence-corrected chi connectivity index (χ1v) is 15.9. The summed E-state index contributed by atoms with van der Waals surface area (Å²) < 4.78 is 13.4. The molecule has 0 N–H and O–H groups in total. The highest BCUT2D eigenvalue weighted by molar-refractivity contribution is 5.22. The monoisotopic (exact) mass is 527 g/mol. The van der Waals surface area contributed by atoms with E-state index in [9.17, 15) is 0 Å². The minimum absolute atomic E-state index is 0.0328. The second-order valence-electron chi connectivity index (χ2n) is 14.9. The zero-order valence-corrected chi connectivity index (χ0v) is 27.1. The molecule has 38 heavy (non-hydrogen) atoms. The molecule has 3 rings (SSSR count). The Morgan fingerprint density at radius 2 is 1.55 bits per heavy atom. The van der Waals surface area contributed by atoms with Crippen molar-refractivity contribution in [1.29, 1.82) is 0 Å². The number of rotatable bonds is 15. The summed E-state index contributed by atoms with van der Waals surface area (Å²) in [7, 11) is 0. The molecule has 1 aliphatic carbocycles. The Balaban J connectivity index is 1.96. The number of aromatic nitrogens is 1. The van der Waals surface area contributed by atoms with Crippen molar-refractivity contribution in [2.45, 2.75) is 158 Å². The lowest BCUT2D eigenvalue weighted by Gasteiger charge is -2.64. The number of hydrogen-bond donors (Lipinski definition) is 0. The van der Waals surface area contributed by atoms with Gasteiger partial charge in [0.1, 0.15) is 0 Å². The molecule has 0 bridgehead atoms. The topological polar surface area (TPSA) is 31.4 Å². The Morgan fingerprint density at radius 1 is 0.921 bits per heavy atom. The van der Waals surface area contributed by atoms with Gasteiger partial charge < -0.3 is 9.47 Å². The third kappa shape index (κ3) is 5.63. The summed E-state index contributed by atoms with van der Waals surface area (Å²) in [6, 6.07) is 4.55. The molecule has 8 atom stereocenters. The highest BCUT2D eigenvalue weighted by atomic mass is 16.7. The molecule has 1 saturated carbocycles. The van der Waals surface area contributed by atoms with Crippen LogP contribution in [0.4, 0.5) is 0 Å². The van der Waals surface area contributed by atoms with Crippen molar-refractivity contribution in [2.24, 2.45) is 33.5 Å². The molecule has 1 aromatic rings. The molecule has 218 valence electrons. The van der Waals surface area contributed by atoms with Gasteiger partial charge in [0.25, 0.3) is 0 Å². The lowest BCUT2D eigenvalue weighted by atomic mass is 9.48. The van der Waals surface area contributed by atoms with E-state index in [0.29, 0.717) is 23.9 Å². The second kappa shape index (κ2) is 11.5. The predicted molar refractivity (Wildman–Crippen MR) is 161 cm³/mol. The number of ether oxygens (including phenoxy) is 2. The first-order chi connectivity index (χ1) is 17.7. The van der Waals surface area contributed by atoms with Gasteiger partial charge in [0.2, 0.25) is 0 Å². The van der Waals surface area contributed by atoms with E-state index in [1.807, 2.05) is 12.4 Å². The van der Waals surface area contributed by atoms with Crippen molar-refractivity contribution in [3.8, 4) is 0 Å². The molecule has 2 fully saturated rings. The third-order valence-corrected chi connectivity index (χ3v) is 12.2. The molecule has 3 heteroatoms. The van der Waals surface area contributed by atoms with E-state index in [1.54, 1.807) is 0 Å². The van der Waals surface area contributed by atoms with Crippen LogP contribution in [0.5, 0.6) is 0 Å². The molecule has 1 saturated heterocycles. The summed E-state index contributed by atoms with van der Waals surface area (Å²) in [6.45, 7) is 28.9. The molecule has 2 heterocycles. The average molecular weight is 528 g/mol. The van der Waals surface area contributed by atoms with E-state index >= 15 is 0 Å². The molecule has 0 aromatic carbocycles. The van der Waals surface area contributed by atoms with Crippen molar-refractivity contribution in [3.05, 3.63) is 30.1 Å². The largest absolute Gasteiger partial charge is 0.348 e. The van der Waals surface area contributed by atoms with E-state index in [-0.39, 0.29) is 33.6 Å². The van der Waals surface area contributed by atoms with Gasteiger partial charge in [-0.2, -0.15) is 0 Å². The second-order valence-corrected chi connectivity index (χ2v) is 14.9. The fourth-order valence-corrected chi connectivity index (χ4v) is 7.87. The molecule has 1 aliphatic heterocycles. The van der Waals surface area contributed by atoms with Crippen LogP contribution in [0.1, 0.15) is 146 Å². The number of nitrogens with zero attached hydrogens (tertiary/aromatic N) is 1. The maximum Gasteiger partial charge on any atom is 0.166 e. The van der Waals surface area contributed by atoms with Gasteiger partial charge in [0.05, 0.1) is 11.7 Å². The van der Waals surface area contributed by atoms with Gasteiger partial charge in [0.15, 0.2) is 6.29 Å². The van der Waals surface area contributed by atoms with Crippen molar-refractivity contribution in [2.75, 3.05) is 0 Å². The first-order valence-electron chi connectivity index (χ1n) is 15.9. The maximum atomic E-state index is 6.87. The van der Waals surface area contributed by atoms with Crippen LogP contribution >= 0.6 is 0 Å². The van der Waals surface area contributed by atoms with Crippen LogP contribution in [0.25, 0.3) is 0 Å². The van der Waals surface area contributed by atoms with Crippen molar-refractivity contribution in [3.63, 3.8) is 0 Å². The molecule has 0 spiro atoms. The van der Waals surface area contributed by atoms with Gasteiger partial charge in [-0.1, -0.05) is 94.9 Å². The molecule has 8 unspecified atom stereocenters. The minimum Gasteiger partial charge on any atom is -0.348 e. The lowest BCUT2D eigenvalue weighted by molar-refractivity contribution is -0.399. The van der Waals surface area contributed by atoms with E-state index in [0.717, 1.165) is 19.3 Å². The Bertz CT molecular complexity index is 896. The van der Waals surface area contributed by atoms with Crippen LogP contribution < -0.4 is 0 Å². The van der Waals surface area contributed by atoms with Crippen LogP contribution in [0, 0.1) is 33.5 Å². The van der Waals surface area contributed by atoms with Gasteiger partial charge in [0, 0.05) is 17.8 Å². The Labute approximate surface area is 236 Å². The molecular formula is C35H61NO2. The Hall–Kier alpha value is -0.930. The van der Waals surface area contributed by atoms with E-state index in [4.69, 9.17) is 9.47 Å². The summed E-state index contributed by atoms with van der Waals surface area (Å²) in [5, 5.41) is 0. The lowest BCUT2D eigenvalue weighted by Crippen LogP contribution is -2.67. The number of pyridine rings is 1. The fourth-order valence-electron chi connectivity index (χ4n) is 7.87. The minimum atomic E-state index is -0.200. The van der Waals surface area contributed by atoms with Crippen molar-refractivity contribution >= 4 is 0 Å². The standard InChI is InChI=1S/C35H61NO2/c1-13-18-27-26(14-2)29(27)37-30-35(12,32(8,9)38-30)24-33(10,16-4)34(11,17-5)28(23-31(6,7)15-3)25-19-21-36-22-20-25/h19-22,26-30H,13-18,23-24H2,1-12H3. The van der Waals surface area contributed by atoms with Crippen LogP contribution in [0.15, 0.2) is 24.5 Å². The summed E-state index contributed by atoms with van der Waals surface area (Å²) >= 11 is 0. The molecule has 0 radical (unpaired) electrons. The van der Waals surface area contributed by atoms with Gasteiger partial charge in [-0.25, -0.2) is 0 Å². The molecule has 1 aromatic heterocycles. The first kappa shape index (κ1) is 31.6. The summed E-state index contributed by atoms with van der Waals surface area (Å²) in [5.74, 6) is 1.88. The Morgan fingerprint density at radius 3 is 2.03 bits per heavy atom. The van der Waals surface area contributed by atoms with Crippen LogP contribution in [0.3, 0.4) is 0 Å². The van der Waals surface area contributed by atoms with Crippen LogP contribution in [-0.2, 0) is 9.47 Å². The molecule has 3 nitrogen and oxygen atoms in total. The smallest absolute Gasteiger partial charge is 0.166 e. The van der Waals surface area contributed by atoms with Gasteiger partial charge >= 0.3 is 0 Å². The van der Waals surface area contributed by atoms with Crippen molar-refractivity contribution < 1.29 is 9.47 Å². The summed E-state index contributed by atoms with van der Waals surface area (Å²) in [4.78, 5) is 4.38. The normalized spacial score (nSPS) is 32.6. The van der Waals surface area contributed by atoms with E-state index in [1.165, 1.54) is 37.7 Å². The molecule has 0 amide bonds. The third-order valence-electron chi connectivity index (χ3n) is 12.2.